The quantitative estimate of drug-likeness (QED) is 0.799. The van der Waals surface area contributed by atoms with E-state index in [-0.39, 0.29) is 5.91 Å². The second kappa shape index (κ2) is 8.36. The number of hydrogen-bond donors (Lipinski definition) is 1. The van der Waals surface area contributed by atoms with E-state index in [1.54, 1.807) is 11.8 Å². The predicted octanol–water partition coefficient (Wildman–Crippen LogP) is 4.23. The molecule has 0 radical (unpaired) electrons. The molecule has 3 rings (SSSR count). The van der Waals surface area contributed by atoms with Crippen LogP contribution in [-0.4, -0.2) is 36.7 Å². The molecule has 0 aromatic heterocycles. The first-order valence-electron chi connectivity index (χ1n) is 8.46. The largest absolute Gasteiger partial charge is 0.325 e. The van der Waals surface area contributed by atoms with Crippen molar-refractivity contribution in [2.24, 2.45) is 0 Å². The van der Waals surface area contributed by atoms with Gasteiger partial charge in [-0.1, -0.05) is 42.5 Å². The number of likely N-dealkylation sites (tertiary alicyclic amines) is 1. The molecule has 3 nitrogen and oxygen atoms in total. The van der Waals surface area contributed by atoms with Crippen LogP contribution < -0.4 is 5.32 Å². The number of anilines is 1. The minimum atomic E-state index is 0.0969. The van der Waals surface area contributed by atoms with Gasteiger partial charge in [-0.25, -0.2) is 0 Å². The summed E-state index contributed by atoms with van der Waals surface area (Å²) in [7, 11) is 0. The fourth-order valence-corrected chi connectivity index (χ4v) is 3.81. The molecule has 4 heteroatoms. The monoisotopic (exact) mass is 340 g/mol. The number of amides is 1. The van der Waals surface area contributed by atoms with Crippen molar-refractivity contribution in [2.45, 2.75) is 23.7 Å². The molecule has 1 aliphatic rings. The molecule has 1 amide bonds. The van der Waals surface area contributed by atoms with Gasteiger partial charge in [0.1, 0.15) is 0 Å². The Balaban J connectivity index is 1.47. The van der Waals surface area contributed by atoms with Crippen LogP contribution in [0.1, 0.15) is 24.3 Å². The molecule has 1 atom stereocenters. The van der Waals surface area contributed by atoms with Crippen molar-refractivity contribution in [2.75, 3.05) is 31.2 Å². The molecule has 24 heavy (non-hydrogen) atoms. The number of thioether (sulfide) groups is 1. The third-order valence-corrected chi connectivity index (χ3v) is 5.38. The SMILES string of the molecule is CSc1ccccc1NC(=O)CCN1CC[C@H](c2ccccc2)C1. The zero-order valence-electron chi connectivity index (χ0n) is 14.1. The van der Waals surface area contributed by atoms with Gasteiger partial charge in [-0.3, -0.25) is 4.79 Å². The second-order valence-electron chi connectivity index (χ2n) is 6.20. The molecule has 126 valence electrons. The number of benzene rings is 2. The van der Waals surface area contributed by atoms with Crippen molar-refractivity contribution in [1.29, 1.82) is 0 Å². The summed E-state index contributed by atoms with van der Waals surface area (Å²) in [5.74, 6) is 0.700. The van der Waals surface area contributed by atoms with Crippen LogP contribution in [0.15, 0.2) is 59.5 Å². The summed E-state index contributed by atoms with van der Waals surface area (Å²) >= 11 is 1.65. The molecule has 1 saturated heterocycles. The smallest absolute Gasteiger partial charge is 0.225 e. The molecule has 1 aliphatic heterocycles. The Morgan fingerprint density at radius 1 is 1.17 bits per heavy atom. The zero-order chi connectivity index (χ0) is 16.8. The fraction of sp³-hybridized carbons (Fsp3) is 0.350. The summed E-state index contributed by atoms with van der Waals surface area (Å²) in [6.07, 6.45) is 3.75. The summed E-state index contributed by atoms with van der Waals surface area (Å²) in [5.41, 5.74) is 2.33. The standard InChI is InChI=1S/C20H24N2OS/c1-24-19-10-6-5-9-18(19)21-20(23)12-14-22-13-11-17(15-22)16-7-3-2-4-8-16/h2-10,17H,11-15H2,1H3,(H,21,23)/t17-/m0/s1. The minimum Gasteiger partial charge on any atom is -0.325 e. The van der Waals surface area contributed by atoms with Gasteiger partial charge in [0.2, 0.25) is 5.91 Å². The highest BCUT2D eigenvalue weighted by atomic mass is 32.2. The number of nitrogens with zero attached hydrogens (tertiary/aromatic N) is 1. The number of carbonyl (C=O) groups is 1. The van der Waals surface area contributed by atoms with Crippen LogP contribution in [0.2, 0.25) is 0 Å². The lowest BCUT2D eigenvalue weighted by Gasteiger charge is -2.16. The Morgan fingerprint density at radius 2 is 1.92 bits per heavy atom. The van der Waals surface area contributed by atoms with Crippen LogP contribution in [0.3, 0.4) is 0 Å². The number of hydrogen-bond acceptors (Lipinski definition) is 3. The highest BCUT2D eigenvalue weighted by Gasteiger charge is 2.23. The van der Waals surface area contributed by atoms with Crippen molar-refractivity contribution < 1.29 is 4.79 Å². The molecule has 1 heterocycles. The highest BCUT2D eigenvalue weighted by Crippen LogP contribution is 2.27. The van der Waals surface area contributed by atoms with Crippen LogP contribution in [0.25, 0.3) is 0 Å². The van der Waals surface area contributed by atoms with E-state index < -0.39 is 0 Å². The number of para-hydroxylation sites is 1. The van der Waals surface area contributed by atoms with Crippen molar-refractivity contribution >= 4 is 23.4 Å². The molecular formula is C20H24N2OS. The molecule has 0 bridgehead atoms. The Kier molecular flexibility index (Phi) is 5.94. The average molecular weight is 340 g/mol. The summed E-state index contributed by atoms with van der Waals surface area (Å²) in [4.78, 5) is 15.7. The van der Waals surface area contributed by atoms with Gasteiger partial charge in [0.05, 0.1) is 5.69 Å². The highest BCUT2D eigenvalue weighted by molar-refractivity contribution is 7.98. The van der Waals surface area contributed by atoms with Crippen molar-refractivity contribution in [1.82, 2.24) is 4.90 Å². The van der Waals surface area contributed by atoms with Gasteiger partial charge in [0.15, 0.2) is 0 Å². The summed E-state index contributed by atoms with van der Waals surface area (Å²) in [5, 5.41) is 3.04. The molecule has 1 N–H and O–H groups in total. The van der Waals surface area contributed by atoms with E-state index in [1.165, 1.54) is 12.0 Å². The molecule has 2 aromatic rings. The van der Waals surface area contributed by atoms with Crippen LogP contribution in [0, 0.1) is 0 Å². The Morgan fingerprint density at radius 3 is 2.71 bits per heavy atom. The van der Waals surface area contributed by atoms with E-state index >= 15 is 0 Å². The van der Waals surface area contributed by atoms with Crippen LogP contribution in [0.5, 0.6) is 0 Å². The van der Waals surface area contributed by atoms with Crippen molar-refractivity contribution in [3.63, 3.8) is 0 Å². The number of nitrogens with one attached hydrogen (secondary N) is 1. The normalized spacial score (nSPS) is 17.8. The van der Waals surface area contributed by atoms with E-state index in [2.05, 4.69) is 40.5 Å². The number of carbonyl (C=O) groups excluding carboxylic acids is 1. The molecule has 0 saturated carbocycles. The Bertz CT molecular complexity index is 674. The van der Waals surface area contributed by atoms with Gasteiger partial charge in [-0.05, 0) is 42.8 Å². The van der Waals surface area contributed by atoms with Crippen molar-refractivity contribution in [3.05, 3.63) is 60.2 Å². The maximum absolute atomic E-state index is 12.2. The summed E-state index contributed by atoms with van der Waals surface area (Å²) < 4.78 is 0. The average Bonchev–Trinajstić information content (AvgIpc) is 3.10. The third-order valence-electron chi connectivity index (χ3n) is 4.58. The molecule has 0 unspecified atom stereocenters. The van der Waals surface area contributed by atoms with Gasteiger partial charge < -0.3 is 10.2 Å². The van der Waals surface area contributed by atoms with Gasteiger partial charge in [-0.2, -0.15) is 0 Å². The summed E-state index contributed by atoms with van der Waals surface area (Å²) in [6.45, 7) is 2.96. The molecule has 1 fully saturated rings. The van der Waals surface area contributed by atoms with E-state index in [0.29, 0.717) is 12.3 Å². The van der Waals surface area contributed by atoms with Gasteiger partial charge in [0.25, 0.3) is 0 Å². The lowest BCUT2D eigenvalue weighted by molar-refractivity contribution is -0.116. The van der Waals surface area contributed by atoms with Crippen LogP contribution in [0.4, 0.5) is 5.69 Å². The lowest BCUT2D eigenvalue weighted by atomic mass is 9.99. The zero-order valence-corrected chi connectivity index (χ0v) is 14.9. The first-order chi connectivity index (χ1) is 11.8. The van der Waals surface area contributed by atoms with E-state index in [9.17, 15) is 4.79 Å². The third kappa shape index (κ3) is 4.40. The second-order valence-corrected chi connectivity index (χ2v) is 7.04. The molecule has 0 aliphatic carbocycles. The maximum atomic E-state index is 12.2. The first-order valence-corrected chi connectivity index (χ1v) is 9.69. The molecule has 0 spiro atoms. The fourth-order valence-electron chi connectivity index (χ4n) is 3.25. The van der Waals surface area contributed by atoms with E-state index in [4.69, 9.17) is 0 Å². The predicted molar refractivity (Wildman–Crippen MR) is 102 cm³/mol. The van der Waals surface area contributed by atoms with Crippen LogP contribution >= 0.6 is 11.8 Å². The maximum Gasteiger partial charge on any atom is 0.225 e. The van der Waals surface area contributed by atoms with Gasteiger partial charge in [0, 0.05) is 24.4 Å². The van der Waals surface area contributed by atoms with Crippen LogP contribution in [-0.2, 0) is 4.79 Å². The minimum absolute atomic E-state index is 0.0969. The van der Waals surface area contributed by atoms with E-state index in [1.807, 2.05) is 30.5 Å². The van der Waals surface area contributed by atoms with Crippen molar-refractivity contribution in [3.8, 4) is 0 Å². The Hall–Kier alpha value is -1.78. The first kappa shape index (κ1) is 17.1. The number of rotatable bonds is 6. The molecule has 2 aromatic carbocycles. The summed E-state index contributed by atoms with van der Waals surface area (Å²) in [6, 6.07) is 18.6. The van der Waals surface area contributed by atoms with Gasteiger partial charge in [-0.15, -0.1) is 11.8 Å². The van der Waals surface area contributed by atoms with E-state index in [0.717, 1.165) is 30.2 Å². The van der Waals surface area contributed by atoms with Gasteiger partial charge >= 0.3 is 0 Å². The lowest BCUT2D eigenvalue weighted by Crippen LogP contribution is -2.25. The topological polar surface area (TPSA) is 32.3 Å². The molecular weight excluding hydrogens is 316 g/mol. The Labute approximate surface area is 148 Å².